The molecule has 0 saturated carbocycles. The summed E-state index contributed by atoms with van der Waals surface area (Å²) in [6, 6.07) is 7.57. The van der Waals surface area contributed by atoms with Crippen LogP contribution in [0.15, 0.2) is 36.9 Å². The number of ether oxygens (including phenoxy) is 1. The molecule has 2 aromatic rings. The monoisotopic (exact) mass is 187 g/mol. The summed E-state index contributed by atoms with van der Waals surface area (Å²) in [4.78, 5) is 11.8. The zero-order valence-corrected chi connectivity index (χ0v) is 7.71. The lowest BCUT2D eigenvalue weighted by molar-refractivity contribution is 0.415. The summed E-state index contributed by atoms with van der Waals surface area (Å²) < 4.78 is 5.05. The van der Waals surface area contributed by atoms with E-state index in [1.807, 2.05) is 24.3 Å². The molecule has 0 aliphatic rings. The Labute approximate surface area is 81.6 Å². The molecule has 2 rings (SSSR count). The zero-order chi connectivity index (χ0) is 9.80. The Hall–Kier alpha value is -1.97. The highest BCUT2D eigenvalue weighted by Gasteiger charge is 1.99. The first kappa shape index (κ1) is 8.62. The second kappa shape index (κ2) is 3.83. The van der Waals surface area contributed by atoms with Gasteiger partial charge in [0.2, 0.25) is 0 Å². The van der Waals surface area contributed by atoms with Crippen molar-refractivity contribution < 1.29 is 4.74 Å². The molecule has 0 fully saturated rings. The van der Waals surface area contributed by atoms with Crippen molar-refractivity contribution >= 4 is 0 Å². The van der Waals surface area contributed by atoms with Crippen molar-refractivity contribution in [1.29, 1.82) is 0 Å². The van der Waals surface area contributed by atoms with E-state index < -0.39 is 0 Å². The molecular weight excluding hydrogens is 178 g/mol. The van der Waals surface area contributed by atoms with Crippen LogP contribution in [0, 0.1) is 0 Å². The van der Waals surface area contributed by atoms with Gasteiger partial charge in [-0.2, -0.15) is 0 Å². The van der Waals surface area contributed by atoms with Crippen LogP contribution in [-0.4, -0.2) is 22.1 Å². The predicted molar refractivity (Wildman–Crippen MR) is 51.8 cm³/mol. The summed E-state index contributed by atoms with van der Waals surface area (Å²) in [6.45, 7) is 0. The summed E-state index contributed by atoms with van der Waals surface area (Å²) >= 11 is 0. The molecule has 0 N–H and O–H groups in total. The summed E-state index contributed by atoms with van der Waals surface area (Å²) in [5.41, 5.74) is 0.952. The first-order valence-corrected chi connectivity index (χ1v) is 4.16. The van der Waals surface area contributed by atoms with Crippen molar-refractivity contribution in [3.63, 3.8) is 0 Å². The molecule has 0 atom stereocenters. The fourth-order valence-electron chi connectivity index (χ4n) is 1.13. The lowest BCUT2D eigenvalue weighted by atomic mass is 10.2. The third kappa shape index (κ3) is 1.69. The first-order valence-electron chi connectivity index (χ1n) is 4.16. The molecule has 0 radical (unpaired) electrons. The Morgan fingerprint density at radius 2 is 1.64 bits per heavy atom. The SMILES string of the molecule is COc1ccc(-c2ncncn2)cc1. The number of aromatic nitrogens is 3. The minimum Gasteiger partial charge on any atom is -0.497 e. The van der Waals surface area contributed by atoms with Crippen molar-refractivity contribution in [2.24, 2.45) is 0 Å². The molecule has 4 heteroatoms. The second-order valence-electron chi connectivity index (χ2n) is 2.69. The molecular formula is C10H9N3O. The molecule has 0 saturated heterocycles. The van der Waals surface area contributed by atoms with Crippen LogP contribution in [-0.2, 0) is 0 Å². The largest absolute Gasteiger partial charge is 0.497 e. The summed E-state index contributed by atoms with van der Waals surface area (Å²) in [5.74, 6) is 1.49. The third-order valence-electron chi connectivity index (χ3n) is 1.84. The highest BCUT2D eigenvalue weighted by atomic mass is 16.5. The van der Waals surface area contributed by atoms with Crippen LogP contribution in [0.4, 0.5) is 0 Å². The van der Waals surface area contributed by atoms with Crippen LogP contribution in [0.3, 0.4) is 0 Å². The fourth-order valence-corrected chi connectivity index (χ4v) is 1.13. The average molecular weight is 187 g/mol. The number of benzene rings is 1. The van der Waals surface area contributed by atoms with Crippen LogP contribution < -0.4 is 4.74 Å². The van der Waals surface area contributed by atoms with Crippen molar-refractivity contribution in [2.75, 3.05) is 7.11 Å². The minimum absolute atomic E-state index is 0.669. The minimum atomic E-state index is 0.669. The van der Waals surface area contributed by atoms with Gasteiger partial charge in [0.25, 0.3) is 0 Å². The average Bonchev–Trinajstić information content (AvgIpc) is 2.30. The van der Waals surface area contributed by atoms with Gasteiger partial charge in [-0.15, -0.1) is 0 Å². The molecule has 1 heterocycles. The molecule has 1 aromatic carbocycles. The molecule has 70 valence electrons. The Balaban J connectivity index is 2.34. The molecule has 0 aliphatic carbocycles. The Morgan fingerprint density at radius 1 is 1.00 bits per heavy atom. The van der Waals surface area contributed by atoms with E-state index in [0.717, 1.165) is 11.3 Å². The van der Waals surface area contributed by atoms with E-state index in [0.29, 0.717) is 5.82 Å². The molecule has 0 bridgehead atoms. The highest BCUT2D eigenvalue weighted by molar-refractivity contribution is 5.55. The van der Waals surface area contributed by atoms with E-state index >= 15 is 0 Å². The maximum Gasteiger partial charge on any atom is 0.162 e. The van der Waals surface area contributed by atoms with Gasteiger partial charge in [0, 0.05) is 5.56 Å². The lowest BCUT2D eigenvalue weighted by Crippen LogP contribution is -1.89. The Morgan fingerprint density at radius 3 is 2.21 bits per heavy atom. The molecule has 14 heavy (non-hydrogen) atoms. The molecule has 4 nitrogen and oxygen atoms in total. The molecule has 0 aliphatic heterocycles. The summed E-state index contributed by atoms with van der Waals surface area (Å²) in [5, 5.41) is 0. The zero-order valence-electron chi connectivity index (χ0n) is 7.71. The van der Waals surface area contributed by atoms with Gasteiger partial charge in [-0.3, -0.25) is 0 Å². The van der Waals surface area contributed by atoms with Gasteiger partial charge in [0.05, 0.1) is 7.11 Å². The quantitative estimate of drug-likeness (QED) is 0.715. The number of methoxy groups -OCH3 is 1. The lowest BCUT2D eigenvalue weighted by Gasteiger charge is -2.00. The van der Waals surface area contributed by atoms with Crippen molar-refractivity contribution in [1.82, 2.24) is 15.0 Å². The van der Waals surface area contributed by atoms with Gasteiger partial charge >= 0.3 is 0 Å². The Bertz CT molecular complexity index is 399. The molecule has 0 amide bonds. The molecule has 0 spiro atoms. The van der Waals surface area contributed by atoms with Gasteiger partial charge in [0.1, 0.15) is 18.4 Å². The van der Waals surface area contributed by atoms with Crippen LogP contribution in [0.5, 0.6) is 5.75 Å². The third-order valence-corrected chi connectivity index (χ3v) is 1.84. The predicted octanol–water partition coefficient (Wildman–Crippen LogP) is 1.55. The van der Waals surface area contributed by atoms with E-state index in [-0.39, 0.29) is 0 Å². The maximum atomic E-state index is 5.05. The van der Waals surface area contributed by atoms with Crippen LogP contribution in [0.25, 0.3) is 11.4 Å². The highest BCUT2D eigenvalue weighted by Crippen LogP contribution is 2.17. The number of hydrogen-bond acceptors (Lipinski definition) is 4. The second-order valence-corrected chi connectivity index (χ2v) is 2.69. The van der Waals surface area contributed by atoms with Crippen LogP contribution in [0.1, 0.15) is 0 Å². The van der Waals surface area contributed by atoms with Gasteiger partial charge in [-0.25, -0.2) is 15.0 Å². The van der Waals surface area contributed by atoms with Gasteiger partial charge in [-0.1, -0.05) is 0 Å². The van der Waals surface area contributed by atoms with E-state index in [1.54, 1.807) is 7.11 Å². The first-order chi connectivity index (χ1) is 6.90. The van der Waals surface area contributed by atoms with Gasteiger partial charge < -0.3 is 4.74 Å². The normalized spacial score (nSPS) is 9.79. The Kier molecular flexibility index (Phi) is 2.36. The fraction of sp³-hybridized carbons (Fsp3) is 0.100. The topological polar surface area (TPSA) is 47.9 Å². The molecule has 1 aromatic heterocycles. The van der Waals surface area contributed by atoms with Crippen molar-refractivity contribution in [3.05, 3.63) is 36.9 Å². The van der Waals surface area contributed by atoms with E-state index in [4.69, 9.17) is 4.74 Å². The molecule has 0 unspecified atom stereocenters. The smallest absolute Gasteiger partial charge is 0.162 e. The number of hydrogen-bond donors (Lipinski definition) is 0. The van der Waals surface area contributed by atoms with Gasteiger partial charge in [-0.05, 0) is 24.3 Å². The number of nitrogens with zero attached hydrogens (tertiary/aromatic N) is 3. The van der Waals surface area contributed by atoms with Crippen molar-refractivity contribution in [2.45, 2.75) is 0 Å². The standard InChI is InChI=1S/C10H9N3O/c1-14-9-4-2-8(3-5-9)10-12-6-11-7-13-10/h2-7H,1H3. The van der Waals surface area contributed by atoms with Crippen molar-refractivity contribution in [3.8, 4) is 17.1 Å². The van der Waals surface area contributed by atoms with E-state index in [1.165, 1.54) is 12.7 Å². The van der Waals surface area contributed by atoms with E-state index in [9.17, 15) is 0 Å². The van der Waals surface area contributed by atoms with Crippen LogP contribution in [0.2, 0.25) is 0 Å². The maximum absolute atomic E-state index is 5.05. The van der Waals surface area contributed by atoms with Gasteiger partial charge in [0.15, 0.2) is 5.82 Å². The summed E-state index contributed by atoms with van der Waals surface area (Å²) in [7, 11) is 1.64. The van der Waals surface area contributed by atoms with Crippen LogP contribution >= 0.6 is 0 Å². The van der Waals surface area contributed by atoms with E-state index in [2.05, 4.69) is 15.0 Å². The number of rotatable bonds is 2. The summed E-state index contributed by atoms with van der Waals surface area (Å²) in [6.07, 6.45) is 2.96.